The molecule has 0 bridgehead atoms. The second-order valence-electron chi connectivity index (χ2n) is 10.1. The molecule has 1 saturated heterocycles. The van der Waals surface area contributed by atoms with Gasteiger partial charge >= 0.3 is 0 Å². The van der Waals surface area contributed by atoms with E-state index in [0.29, 0.717) is 12.0 Å². The number of benzene rings is 2. The van der Waals surface area contributed by atoms with Gasteiger partial charge in [-0.3, -0.25) is 9.48 Å². The lowest BCUT2D eigenvalue weighted by atomic mass is 9.87. The first-order valence-corrected chi connectivity index (χ1v) is 12.6. The highest BCUT2D eigenvalue weighted by atomic mass is 16.5. The van der Waals surface area contributed by atoms with Crippen LogP contribution in [0.3, 0.4) is 0 Å². The van der Waals surface area contributed by atoms with E-state index in [-0.39, 0.29) is 13.4 Å². The number of likely N-dealkylation sites (tertiary alicyclic amines) is 1. The third-order valence-electron chi connectivity index (χ3n) is 7.29. The normalized spacial score (nSPS) is 15.9. The highest BCUT2D eigenvalue weighted by Crippen LogP contribution is 2.31. The third-order valence-corrected chi connectivity index (χ3v) is 7.29. The van der Waals surface area contributed by atoms with Crippen molar-refractivity contribution in [2.24, 2.45) is 7.05 Å². The molecule has 35 heavy (non-hydrogen) atoms. The van der Waals surface area contributed by atoms with E-state index in [0.717, 1.165) is 59.5 Å². The van der Waals surface area contributed by atoms with Crippen molar-refractivity contribution in [3.63, 3.8) is 0 Å². The lowest BCUT2D eigenvalue weighted by Gasteiger charge is -2.35. The second-order valence-corrected chi connectivity index (χ2v) is 10.1. The van der Waals surface area contributed by atoms with Gasteiger partial charge in [0.05, 0.1) is 19.3 Å². The van der Waals surface area contributed by atoms with Gasteiger partial charge in [-0.1, -0.05) is 12.1 Å². The predicted molar refractivity (Wildman–Crippen MR) is 143 cm³/mol. The molecule has 1 aromatic heterocycles. The number of carbonyl (C=O) groups is 1. The number of aryl methyl sites for hydroxylation is 2. The van der Waals surface area contributed by atoms with E-state index in [1.165, 1.54) is 5.56 Å². The monoisotopic (exact) mass is 476 g/mol. The van der Waals surface area contributed by atoms with Crippen LogP contribution >= 0.6 is 0 Å². The zero-order valence-electron chi connectivity index (χ0n) is 21.8. The molecule has 0 aliphatic carbocycles. The predicted octanol–water partition coefficient (Wildman–Crippen LogP) is 5.73. The Morgan fingerprint density at radius 2 is 1.86 bits per heavy atom. The van der Waals surface area contributed by atoms with Crippen LogP contribution in [0.4, 0.5) is 0 Å². The summed E-state index contributed by atoms with van der Waals surface area (Å²) in [7, 11) is 3.56. The van der Waals surface area contributed by atoms with Crippen molar-refractivity contribution in [3.8, 4) is 16.9 Å². The first kappa shape index (κ1) is 25.0. The molecule has 6 nitrogen and oxygen atoms in total. The number of nitrogens with one attached hydrogen (secondary N) is 1. The van der Waals surface area contributed by atoms with Crippen LogP contribution in [0.15, 0.2) is 48.8 Å². The van der Waals surface area contributed by atoms with Crippen LogP contribution in [0.1, 0.15) is 74.0 Å². The van der Waals surface area contributed by atoms with Crippen molar-refractivity contribution >= 4 is 5.91 Å². The van der Waals surface area contributed by atoms with Gasteiger partial charge in [0.15, 0.2) is 0 Å². The number of piperidine rings is 1. The van der Waals surface area contributed by atoms with E-state index in [4.69, 9.17) is 4.74 Å². The summed E-state index contributed by atoms with van der Waals surface area (Å²) >= 11 is 0. The number of aromatic nitrogens is 2. The number of rotatable bonds is 7. The number of hydrogen-bond donors (Lipinski definition) is 1. The van der Waals surface area contributed by atoms with Gasteiger partial charge in [-0.25, -0.2) is 0 Å². The standard InChI is InChI=1S/C29H38N4O2.H2/c1-19(2)33-11-9-22(10-12-33)23-8-7-20(3)28(16-23)29(34)31-21(4)24-13-25(15-27(14-24)35-6)26-17-30-32(5)18-26;/h7-8,13-19,21-22H,9-12H2,1-6H3,(H,31,34);1H/t21-;/m1./s1. The van der Waals surface area contributed by atoms with Gasteiger partial charge in [-0.05, 0) is 106 Å². The number of carbonyl (C=O) groups excluding carboxylic acids is 1. The van der Waals surface area contributed by atoms with Crippen molar-refractivity contribution < 1.29 is 11.0 Å². The number of methoxy groups -OCH3 is 1. The van der Waals surface area contributed by atoms with Gasteiger partial charge in [0.1, 0.15) is 5.75 Å². The molecule has 4 rings (SSSR count). The Kier molecular flexibility index (Phi) is 7.60. The van der Waals surface area contributed by atoms with Gasteiger partial charge < -0.3 is 15.0 Å². The smallest absolute Gasteiger partial charge is 0.252 e. The molecule has 0 radical (unpaired) electrons. The van der Waals surface area contributed by atoms with E-state index < -0.39 is 0 Å². The average Bonchev–Trinajstić information content (AvgIpc) is 3.30. The summed E-state index contributed by atoms with van der Waals surface area (Å²) < 4.78 is 7.32. The van der Waals surface area contributed by atoms with Crippen LogP contribution in [-0.2, 0) is 7.05 Å². The lowest BCUT2D eigenvalue weighted by molar-refractivity contribution is 0.0939. The summed E-state index contributed by atoms with van der Waals surface area (Å²) in [6, 6.07) is 12.9. The summed E-state index contributed by atoms with van der Waals surface area (Å²) in [5.74, 6) is 1.23. The number of nitrogens with zero attached hydrogens (tertiary/aromatic N) is 3. The van der Waals surface area contributed by atoms with Crippen LogP contribution in [-0.4, -0.2) is 46.8 Å². The van der Waals surface area contributed by atoms with Crippen LogP contribution in [0.5, 0.6) is 5.75 Å². The molecule has 188 valence electrons. The Labute approximate surface area is 210 Å². The number of amides is 1. The SMILES string of the molecule is COc1cc(-c2cnn(C)c2)cc([C@@H](C)NC(=O)c2cc(C3CCN(C(C)C)CC3)ccc2C)c1.[HH]. The van der Waals surface area contributed by atoms with Gasteiger partial charge in [0, 0.05) is 31.8 Å². The fourth-order valence-corrected chi connectivity index (χ4v) is 4.97. The molecule has 1 amide bonds. The van der Waals surface area contributed by atoms with E-state index in [1.54, 1.807) is 11.8 Å². The summed E-state index contributed by atoms with van der Waals surface area (Å²) in [4.78, 5) is 15.9. The molecule has 1 atom stereocenters. The first-order chi connectivity index (χ1) is 16.7. The molecule has 3 aromatic rings. The quantitative estimate of drug-likeness (QED) is 0.473. The van der Waals surface area contributed by atoms with E-state index >= 15 is 0 Å². The summed E-state index contributed by atoms with van der Waals surface area (Å²) in [5, 5.41) is 7.50. The van der Waals surface area contributed by atoms with Gasteiger partial charge in [-0.15, -0.1) is 0 Å². The molecule has 2 aromatic carbocycles. The first-order valence-electron chi connectivity index (χ1n) is 12.6. The maximum atomic E-state index is 13.4. The van der Waals surface area contributed by atoms with Crippen LogP contribution < -0.4 is 10.1 Å². The molecule has 0 unspecified atom stereocenters. The van der Waals surface area contributed by atoms with Gasteiger partial charge in [0.2, 0.25) is 0 Å². The summed E-state index contributed by atoms with van der Waals surface area (Å²) in [5.41, 5.74) is 6.05. The third kappa shape index (κ3) is 5.76. The van der Waals surface area contributed by atoms with Crippen molar-refractivity contribution in [2.45, 2.75) is 58.5 Å². The zero-order chi connectivity index (χ0) is 25.1. The Hall–Kier alpha value is -3.12. The molecule has 1 N–H and O–H groups in total. The zero-order valence-corrected chi connectivity index (χ0v) is 21.8. The molecule has 1 fully saturated rings. The summed E-state index contributed by atoms with van der Waals surface area (Å²) in [6.45, 7) is 10.8. The van der Waals surface area contributed by atoms with Gasteiger partial charge in [-0.2, -0.15) is 5.10 Å². The molecule has 0 saturated carbocycles. The Balaban J connectivity index is 0.00000361. The number of hydrogen-bond acceptors (Lipinski definition) is 4. The number of ether oxygens (including phenoxy) is 1. The second kappa shape index (κ2) is 10.6. The van der Waals surface area contributed by atoms with Crippen LogP contribution in [0.2, 0.25) is 0 Å². The van der Waals surface area contributed by atoms with E-state index in [1.807, 2.05) is 45.4 Å². The average molecular weight is 477 g/mol. The highest BCUT2D eigenvalue weighted by Gasteiger charge is 2.23. The molecular weight excluding hydrogens is 436 g/mol. The maximum Gasteiger partial charge on any atom is 0.252 e. The van der Waals surface area contributed by atoms with Crippen molar-refractivity contribution in [1.29, 1.82) is 0 Å². The van der Waals surface area contributed by atoms with Crippen LogP contribution in [0, 0.1) is 6.92 Å². The Morgan fingerprint density at radius 1 is 1.11 bits per heavy atom. The van der Waals surface area contributed by atoms with E-state index in [9.17, 15) is 4.79 Å². The minimum Gasteiger partial charge on any atom is -0.497 e. The fraction of sp³-hybridized carbons (Fsp3) is 0.448. The maximum absolute atomic E-state index is 13.4. The molecular formula is C29H40N4O2. The highest BCUT2D eigenvalue weighted by molar-refractivity contribution is 5.96. The van der Waals surface area contributed by atoms with Crippen molar-refractivity contribution in [1.82, 2.24) is 20.0 Å². The lowest BCUT2D eigenvalue weighted by Crippen LogP contribution is -2.37. The van der Waals surface area contributed by atoms with Gasteiger partial charge in [0.25, 0.3) is 5.91 Å². The molecule has 0 spiro atoms. The van der Waals surface area contributed by atoms with Crippen LogP contribution in [0.25, 0.3) is 11.1 Å². The molecule has 1 aliphatic heterocycles. The minimum absolute atomic E-state index is 0. The molecule has 6 heteroatoms. The van der Waals surface area contributed by atoms with Crippen molar-refractivity contribution in [2.75, 3.05) is 20.2 Å². The largest absolute Gasteiger partial charge is 0.497 e. The fourth-order valence-electron chi connectivity index (χ4n) is 4.97. The molecule has 2 heterocycles. The Morgan fingerprint density at radius 3 is 2.49 bits per heavy atom. The Bertz CT molecular complexity index is 1180. The van der Waals surface area contributed by atoms with Crippen molar-refractivity contribution in [3.05, 3.63) is 71.0 Å². The van der Waals surface area contributed by atoms with E-state index in [2.05, 4.69) is 53.4 Å². The summed E-state index contributed by atoms with van der Waals surface area (Å²) in [6.07, 6.45) is 6.09. The molecule has 1 aliphatic rings. The topological polar surface area (TPSA) is 59.4 Å². The minimum atomic E-state index is -0.176.